The van der Waals surface area contributed by atoms with E-state index < -0.39 is 15.9 Å². The monoisotopic (exact) mass is 550 g/mol. The molecule has 0 aliphatic rings. The third-order valence-corrected chi connectivity index (χ3v) is 4.61. The van der Waals surface area contributed by atoms with Crippen LogP contribution in [0.3, 0.4) is 0 Å². The van der Waals surface area contributed by atoms with E-state index in [1.54, 1.807) is 12.1 Å². The van der Waals surface area contributed by atoms with Gasteiger partial charge in [0.1, 0.15) is 0 Å². The Morgan fingerprint density at radius 1 is 0.625 bits per heavy atom. The summed E-state index contributed by atoms with van der Waals surface area (Å²) in [6.07, 6.45) is 0. The van der Waals surface area contributed by atoms with Gasteiger partial charge in [-0.3, -0.25) is 20.2 Å². The van der Waals surface area contributed by atoms with Crippen molar-refractivity contribution in [2.75, 3.05) is 10.6 Å². The van der Waals surface area contributed by atoms with Gasteiger partial charge in [0.25, 0.3) is 11.4 Å². The lowest BCUT2D eigenvalue weighted by Gasteiger charge is -2.07. The summed E-state index contributed by atoms with van der Waals surface area (Å²) in [5.41, 5.74) is 3.76. The molecule has 40 heavy (non-hydrogen) atoms. The van der Waals surface area contributed by atoms with Crippen LogP contribution >= 0.6 is 0 Å². The predicted molar refractivity (Wildman–Crippen MR) is 145 cm³/mol. The molecule has 208 valence electrons. The number of urea groups is 1. The van der Waals surface area contributed by atoms with Gasteiger partial charge in [-0.05, 0) is 64.1 Å². The van der Waals surface area contributed by atoms with Crippen LogP contribution in [0, 0.1) is 47.9 Å². The zero-order valence-corrected chi connectivity index (χ0v) is 21.9. The van der Waals surface area contributed by atoms with E-state index in [-0.39, 0.29) is 23.4 Å². The van der Waals surface area contributed by atoms with Gasteiger partial charge in [0.05, 0.1) is 9.85 Å². The number of aromatic nitrogens is 4. The number of aryl methyl sites for hydroxylation is 4. The number of hydrogen-bond acceptors (Lipinski definition) is 11. The fourth-order valence-electron chi connectivity index (χ4n) is 3.04. The van der Waals surface area contributed by atoms with Crippen LogP contribution in [0.5, 0.6) is 12.0 Å². The molecule has 4 rings (SSSR count). The van der Waals surface area contributed by atoms with Crippen LogP contribution in [-0.4, -0.2) is 46.0 Å². The van der Waals surface area contributed by atoms with Crippen LogP contribution in [0.25, 0.3) is 0 Å². The Morgan fingerprint density at radius 3 is 1.12 bits per heavy atom. The molecule has 0 atom stereocenters. The molecular weight excluding hydrogens is 524 g/mol. The first-order chi connectivity index (χ1) is 18.8. The van der Waals surface area contributed by atoms with Crippen molar-refractivity contribution < 1.29 is 24.9 Å². The average Bonchev–Trinajstić information content (AvgIpc) is 2.83. The number of nitrogens with zero attached hydrogens (tertiary/aromatic N) is 6. The number of carbonyl (C=O) groups excluding carboxylic acids is 1. The third-order valence-electron chi connectivity index (χ3n) is 4.61. The van der Waals surface area contributed by atoms with Gasteiger partial charge in [-0.15, -0.1) is 0 Å². The van der Waals surface area contributed by atoms with Crippen molar-refractivity contribution in [2.45, 2.75) is 27.7 Å². The summed E-state index contributed by atoms with van der Waals surface area (Å²) in [6.45, 7) is 7.26. The lowest BCUT2D eigenvalue weighted by atomic mass is 10.3. The van der Waals surface area contributed by atoms with Gasteiger partial charge in [0, 0.05) is 58.4 Å². The number of rotatable bonds is 4. The zero-order valence-electron chi connectivity index (χ0n) is 21.9. The Bertz CT molecular complexity index is 1270. The molecule has 0 saturated heterocycles. The van der Waals surface area contributed by atoms with E-state index in [0.29, 0.717) is 11.4 Å². The Kier molecular flexibility index (Phi) is 10.9. The molecule has 2 heterocycles. The molecule has 0 aliphatic carbocycles. The van der Waals surface area contributed by atoms with Crippen LogP contribution in [0.2, 0.25) is 0 Å². The summed E-state index contributed by atoms with van der Waals surface area (Å²) < 4.78 is 0. The molecule has 15 nitrogen and oxygen atoms in total. The van der Waals surface area contributed by atoms with E-state index in [4.69, 9.17) is 10.2 Å². The highest BCUT2D eigenvalue weighted by Crippen LogP contribution is 2.17. The van der Waals surface area contributed by atoms with Crippen molar-refractivity contribution >= 4 is 28.8 Å². The Hall–Kier alpha value is -5.73. The number of nitro groups is 2. The fourth-order valence-corrected chi connectivity index (χ4v) is 3.04. The van der Waals surface area contributed by atoms with Crippen molar-refractivity contribution in [3.8, 4) is 12.0 Å². The maximum Gasteiger partial charge on any atom is 0.323 e. The van der Waals surface area contributed by atoms with Crippen molar-refractivity contribution in [2.24, 2.45) is 0 Å². The first-order valence-electron chi connectivity index (χ1n) is 11.4. The molecule has 4 N–H and O–H groups in total. The van der Waals surface area contributed by atoms with Gasteiger partial charge in [-0.25, -0.2) is 24.7 Å². The smallest absolute Gasteiger partial charge is 0.323 e. The fraction of sp³-hybridized carbons (Fsp3) is 0.160. The van der Waals surface area contributed by atoms with Crippen molar-refractivity contribution in [1.82, 2.24) is 19.9 Å². The van der Waals surface area contributed by atoms with Crippen molar-refractivity contribution in [3.63, 3.8) is 0 Å². The first-order valence-corrected chi connectivity index (χ1v) is 11.4. The molecule has 4 aromatic rings. The lowest BCUT2D eigenvalue weighted by Crippen LogP contribution is -2.19. The average molecular weight is 551 g/mol. The quantitative estimate of drug-likeness (QED) is 0.201. The van der Waals surface area contributed by atoms with E-state index >= 15 is 0 Å². The first kappa shape index (κ1) is 30.5. The number of aromatic hydroxyl groups is 2. The molecule has 2 aromatic heterocycles. The molecule has 0 bridgehead atoms. The van der Waals surface area contributed by atoms with E-state index in [9.17, 15) is 25.0 Å². The highest BCUT2D eigenvalue weighted by atomic mass is 16.6. The van der Waals surface area contributed by atoms with E-state index in [0.717, 1.165) is 22.8 Å². The van der Waals surface area contributed by atoms with Crippen LogP contribution in [0.15, 0.2) is 60.7 Å². The number of non-ortho nitro benzene ring substituents is 2. The normalized spacial score (nSPS) is 9.70. The minimum atomic E-state index is -0.567. The van der Waals surface area contributed by atoms with Crippen LogP contribution in [-0.2, 0) is 0 Å². The largest absolute Gasteiger partial charge is 0.479 e. The SMILES string of the molecule is Cc1cc(C)nc(O)n1.Cc1cc(C)nc(O)n1.O=C(Nc1ccc([N+](=O)[O-])cc1)Nc1ccc([N+](=O)[O-])cc1. The van der Waals surface area contributed by atoms with Crippen molar-refractivity contribution in [3.05, 3.63) is 104 Å². The maximum absolute atomic E-state index is 11.7. The third kappa shape index (κ3) is 10.7. The van der Waals surface area contributed by atoms with Crippen LogP contribution in [0.1, 0.15) is 22.8 Å². The highest BCUT2D eigenvalue weighted by Gasteiger charge is 2.08. The highest BCUT2D eigenvalue weighted by molar-refractivity contribution is 5.99. The molecule has 15 heteroatoms. The van der Waals surface area contributed by atoms with E-state index in [2.05, 4.69) is 30.6 Å². The number of nitro benzene ring substituents is 2. The molecule has 0 saturated carbocycles. The van der Waals surface area contributed by atoms with Gasteiger partial charge in [-0.2, -0.15) is 0 Å². The topological polar surface area (TPSA) is 219 Å². The Morgan fingerprint density at radius 2 is 0.900 bits per heavy atom. The molecule has 2 aromatic carbocycles. The second-order valence-electron chi connectivity index (χ2n) is 8.09. The van der Waals surface area contributed by atoms with Gasteiger partial charge < -0.3 is 20.8 Å². The summed E-state index contributed by atoms with van der Waals surface area (Å²) >= 11 is 0. The Labute approximate surface area is 227 Å². The van der Waals surface area contributed by atoms with Gasteiger partial charge >= 0.3 is 18.1 Å². The number of amides is 2. The van der Waals surface area contributed by atoms with E-state index in [1.165, 1.54) is 48.5 Å². The molecule has 0 spiro atoms. The Balaban J connectivity index is 0.000000254. The van der Waals surface area contributed by atoms with Crippen LogP contribution < -0.4 is 10.6 Å². The number of anilines is 2. The minimum absolute atomic E-state index is 0.0821. The minimum Gasteiger partial charge on any atom is -0.479 e. The van der Waals surface area contributed by atoms with E-state index in [1.807, 2.05) is 27.7 Å². The van der Waals surface area contributed by atoms with Crippen LogP contribution in [0.4, 0.5) is 27.5 Å². The lowest BCUT2D eigenvalue weighted by molar-refractivity contribution is -0.385. The van der Waals surface area contributed by atoms with Crippen molar-refractivity contribution in [1.29, 1.82) is 0 Å². The number of nitrogens with one attached hydrogen (secondary N) is 2. The molecule has 0 radical (unpaired) electrons. The second-order valence-corrected chi connectivity index (χ2v) is 8.09. The molecule has 0 fully saturated rings. The number of hydrogen-bond donors (Lipinski definition) is 4. The predicted octanol–water partition coefficient (Wildman–Crippen LogP) is 4.75. The summed E-state index contributed by atoms with van der Waals surface area (Å²) in [4.78, 5) is 46.4. The summed E-state index contributed by atoms with van der Waals surface area (Å²) in [5.74, 6) is 0. The molecule has 0 unspecified atom stereocenters. The number of benzene rings is 2. The van der Waals surface area contributed by atoms with Gasteiger partial charge in [0.2, 0.25) is 0 Å². The second kappa shape index (κ2) is 14.3. The zero-order chi connectivity index (χ0) is 29.8. The molecule has 0 aliphatic heterocycles. The summed E-state index contributed by atoms with van der Waals surface area (Å²) in [5, 5.41) is 43.5. The summed E-state index contributed by atoms with van der Waals surface area (Å²) in [7, 11) is 0. The maximum atomic E-state index is 11.7. The number of carbonyl (C=O) groups is 1. The van der Waals surface area contributed by atoms with Gasteiger partial charge in [0.15, 0.2) is 0 Å². The standard InChI is InChI=1S/C13H10N4O5.2C6H8N2O/c18-13(14-9-1-5-11(6-2-9)16(19)20)15-10-3-7-12(8-4-10)17(21)22;2*1-4-3-5(2)8-6(9)7-4/h1-8H,(H2,14,15,18);2*3H,1-2H3,(H,7,8,9). The molecule has 2 amide bonds. The summed E-state index contributed by atoms with van der Waals surface area (Å²) in [6, 6.07) is 13.4. The van der Waals surface area contributed by atoms with Gasteiger partial charge in [-0.1, -0.05) is 0 Å². The molecular formula is C25H26N8O7.